The van der Waals surface area contributed by atoms with Crippen molar-refractivity contribution in [1.29, 1.82) is 0 Å². The van der Waals surface area contributed by atoms with Gasteiger partial charge in [0.15, 0.2) is 0 Å². The third-order valence-corrected chi connectivity index (χ3v) is 6.81. The Labute approximate surface area is 225 Å². The Hall–Kier alpha value is -3.73. The molecule has 2 atom stereocenters. The highest BCUT2D eigenvalue weighted by Gasteiger charge is 2.26. The quantitative estimate of drug-likeness (QED) is 0.295. The third-order valence-electron chi connectivity index (χ3n) is 6.81. The van der Waals surface area contributed by atoms with Crippen LogP contribution in [0.4, 0.5) is 0 Å². The zero-order chi connectivity index (χ0) is 27.2. The minimum Gasteiger partial charge on any atom is -0.466 e. The maximum Gasteiger partial charge on any atom is 0.330 e. The molecule has 0 spiro atoms. The maximum absolute atomic E-state index is 11.1. The number of nitrogens with one attached hydrogen (secondary N) is 1. The van der Waals surface area contributed by atoms with E-state index < -0.39 is 0 Å². The lowest BCUT2D eigenvalue weighted by Crippen LogP contribution is -2.25. The van der Waals surface area contributed by atoms with E-state index in [0.717, 1.165) is 37.2 Å². The smallest absolute Gasteiger partial charge is 0.330 e. The first-order chi connectivity index (χ1) is 18.5. The van der Waals surface area contributed by atoms with E-state index in [0.29, 0.717) is 18.6 Å². The van der Waals surface area contributed by atoms with E-state index in [2.05, 4.69) is 48.8 Å². The molecule has 38 heavy (non-hydrogen) atoms. The van der Waals surface area contributed by atoms with Gasteiger partial charge >= 0.3 is 11.9 Å². The van der Waals surface area contributed by atoms with E-state index in [1.54, 1.807) is 12.2 Å². The van der Waals surface area contributed by atoms with Gasteiger partial charge in [-0.05, 0) is 73.2 Å². The molecule has 200 valence electrons. The number of carbonyl (C=O) groups is 2. The van der Waals surface area contributed by atoms with Crippen LogP contribution < -0.4 is 5.32 Å². The minimum absolute atomic E-state index is 0.327. The van der Waals surface area contributed by atoms with Crippen molar-refractivity contribution < 1.29 is 19.1 Å². The van der Waals surface area contributed by atoms with Crippen molar-refractivity contribution in [3.63, 3.8) is 0 Å². The van der Waals surface area contributed by atoms with Crippen LogP contribution in [0, 0.1) is 6.57 Å². The average molecular weight is 516 g/mol. The average Bonchev–Trinajstić information content (AvgIpc) is 3.67. The number of methoxy groups -OCH3 is 2. The van der Waals surface area contributed by atoms with Crippen LogP contribution in [-0.2, 0) is 19.1 Å². The van der Waals surface area contributed by atoms with E-state index >= 15 is 0 Å². The molecule has 7 heteroatoms. The van der Waals surface area contributed by atoms with Crippen LogP contribution in [0.1, 0.15) is 60.0 Å². The van der Waals surface area contributed by atoms with E-state index in [1.807, 2.05) is 24.3 Å². The number of esters is 2. The molecule has 0 saturated carbocycles. The van der Waals surface area contributed by atoms with Crippen molar-refractivity contribution in [2.75, 3.05) is 40.4 Å². The second-order valence-electron chi connectivity index (χ2n) is 9.27. The summed E-state index contributed by atoms with van der Waals surface area (Å²) in [5.41, 5.74) is 4.59. The number of hydrogen-bond acceptors (Lipinski definition) is 6. The number of hydrogen-bond donors (Lipinski definition) is 1. The minimum atomic E-state index is -0.347. The van der Waals surface area contributed by atoms with Crippen LogP contribution in [-0.4, -0.2) is 57.2 Å². The van der Waals surface area contributed by atoms with E-state index in [1.165, 1.54) is 56.8 Å². The molecule has 2 aromatic rings. The standard InChI is InChI=1S/C17H20N2O2.C14H17NO2/c1-18-11-13-19-12-3-4-16(19)15-8-5-14(6-9-15)7-10-17(20)21-2;1-17-14(16)9-6-11-4-7-12(8-5-11)13-3-2-10-15-13/h5-10,16H,3-4,11-13H2,2H3;4-9,13,15H,2-3,10H2,1H3/b10-7+;9-6+. The lowest BCUT2D eigenvalue weighted by atomic mass is 10.0. The van der Waals surface area contributed by atoms with Gasteiger partial charge in [-0.1, -0.05) is 48.5 Å². The van der Waals surface area contributed by atoms with Crippen LogP contribution in [0.5, 0.6) is 0 Å². The van der Waals surface area contributed by atoms with E-state index in [4.69, 9.17) is 6.57 Å². The summed E-state index contributed by atoms with van der Waals surface area (Å²) in [7, 11) is 2.75. The van der Waals surface area contributed by atoms with Gasteiger partial charge in [0.05, 0.1) is 20.8 Å². The molecular formula is C31H37N3O4. The number of likely N-dealkylation sites (tertiary alicyclic amines) is 1. The van der Waals surface area contributed by atoms with E-state index in [-0.39, 0.29) is 11.9 Å². The van der Waals surface area contributed by atoms with Gasteiger partial charge < -0.3 is 19.6 Å². The number of rotatable bonds is 8. The first-order valence-electron chi connectivity index (χ1n) is 13.1. The highest BCUT2D eigenvalue weighted by molar-refractivity contribution is 5.87. The Morgan fingerprint density at radius 3 is 2.00 bits per heavy atom. The summed E-state index contributed by atoms with van der Waals surface area (Å²) in [5, 5.41) is 3.46. The molecule has 0 amide bonds. The Balaban J connectivity index is 0.000000215. The lowest BCUT2D eigenvalue weighted by molar-refractivity contribution is -0.135. The molecule has 2 aromatic carbocycles. The summed E-state index contributed by atoms with van der Waals surface area (Å²) in [6, 6.07) is 17.4. The first kappa shape index (κ1) is 28.8. The van der Waals surface area contributed by atoms with Gasteiger partial charge in [-0.2, -0.15) is 0 Å². The van der Waals surface area contributed by atoms with Crippen LogP contribution >= 0.6 is 0 Å². The number of carbonyl (C=O) groups excluding carboxylic acids is 2. The number of nitrogens with zero attached hydrogens (tertiary/aromatic N) is 2. The van der Waals surface area contributed by atoms with E-state index in [9.17, 15) is 9.59 Å². The van der Waals surface area contributed by atoms with Gasteiger partial charge in [0.2, 0.25) is 6.54 Å². The molecule has 2 saturated heterocycles. The fourth-order valence-electron chi connectivity index (χ4n) is 4.75. The van der Waals surface area contributed by atoms with Crippen molar-refractivity contribution >= 4 is 24.1 Å². The molecule has 2 aliphatic rings. The Bertz CT molecular complexity index is 1130. The fraction of sp³-hybridized carbons (Fsp3) is 0.387. The molecule has 7 nitrogen and oxygen atoms in total. The lowest BCUT2D eigenvalue weighted by Gasteiger charge is -2.22. The molecule has 0 radical (unpaired) electrons. The van der Waals surface area contributed by atoms with Gasteiger partial charge in [-0.3, -0.25) is 4.90 Å². The van der Waals surface area contributed by atoms with Crippen LogP contribution in [0.25, 0.3) is 17.0 Å². The molecule has 2 aliphatic heterocycles. The van der Waals surface area contributed by atoms with Crippen molar-refractivity contribution in [2.24, 2.45) is 0 Å². The predicted octanol–water partition coefficient (Wildman–Crippen LogP) is 5.23. The normalized spacial score (nSPS) is 19.2. The number of ether oxygens (including phenoxy) is 2. The zero-order valence-electron chi connectivity index (χ0n) is 22.3. The summed E-state index contributed by atoms with van der Waals surface area (Å²) in [6.07, 6.45) is 11.2. The molecule has 4 rings (SSSR count). The summed E-state index contributed by atoms with van der Waals surface area (Å²) in [5.74, 6) is -0.674. The molecule has 0 aliphatic carbocycles. The Morgan fingerprint density at radius 1 is 0.921 bits per heavy atom. The molecular weight excluding hydrogens is 478 g/mol. The maximum atomic E-state index is 11.1. The largest absolute Gasteiger partial charge is 0.466 e. The second kappa shape index (κ2) is 15.5. The van der Waals surface area contributed by atoms with Crippen LogP contribution in [0.2, 0.25) is 0 Å². The fourth-order valence-corrected chi connectivity index (χ4v) is 4.75. The molecule has 1 N–H and O–H groups in total. The molecule has 2 unspecified atom stereocenters. The topological polar surface area (TPSA) is 72.2 Å². The van der Waals surface area contributed by atoms with Crippen molar-refractivity contribution in [3.05, 3.63) is 94.4 Å². The van der Waals surface area contributed by atoms with Crippen molar-refractivity contribution in [1.82, 2.24) is 10.2 Å². The van der Waals surface area contributed by atoms with Crippen molar-refractivity contribution in [2.45, 2.75) is 37.8 Å². The van der Waals surface area contributed by atoms with Crippen LogP contribution in [0.15, 0.2) is 60.7 Å². The third kappa shape index (κ3) is 8.98. The van der Waals surface area contributed by atoms with Gasteiger partial charge in [0.1, 0.15) is 0 Å². The molecule has 2 fully saturated rings. The highest BCUT2D eigenvalue weighted by atomic mass is 16.5. The Morgan fingerprint density at radius 2 is 1.50 bits per heavy atom. The van der Waals surface area contributed by atoms with Gasteiger partial charge in [-0.25, -0.2) is 16.2 Å². The summed E-state index contributed by atoms with van der Waals surface area (Å²) >= 11 is 0. The summed E-state index contributed by atoms with van der Waals surface area (Å²) < 4.78 is 9.11. The number of benzene rings is 2. The monoisotopic (exact) mass is 515 g/mol. The van der Waals surface area contributed by atoms with Crippen LogP contribution in [0.3, 0.4) is 0 Å². The first-order valence-corrected chi connectivity index (χ1v) is 13.1. The second-order valence-corrected chi connectivity index (χ2v) is 9.27. The Kier molecular flexibility index (Phi) is 11.8. The van der Waals surface area contributed by atoms with Crippen molar-refractivity contribution in [3.8, 4) is 0 Å². The summed E-state index contributed by atoms with van der Waals surface area (Å²) in [6.45, 7) is 10.5. The zero-order valence-corrected chi connectivity index (χ0v) is 22.3. The molecule has 0 aromatic heterocycles. The van der Waals surface area contributed by atoms with Gasteiger partial charge in [0, 0.05) is 24.2 Å². The SMILES string of the molecule is COC(=O)/C=C/c1ccc(C2CCCN2)cc1.[C-]#[N+]CCN1CCCC1c1ccc(/C=C/C(=O)OC)cc1. The van der Waals surface area contributed by atoms with Gasteiger partial charge in [-0.15, -0.1) is 0 Å². The highest BCUT2D eigenvalue weighted by Crippen LogP contribution is 2.31. The molecule has 0 bridgehead atoms. The predicted molar refractivity (Wildman–Crippen MR) is 150 cm³/mol. The summed E-state index contributed by atoms with van der Waals surface area (Å²) in [4.78, 5) is 27.8. The molecule has 2 heterocycles. The van der Waals surface area contributed by atoms with Gasteiger partial charge in [0.25, 0.3) is 0 Å².